The largest absolute Gasteiger partial charge is 0.378 e. The summed E-state index contributed by atoms with van der Waals surface area (Å²) in [5.41, 5.74) is 0.906. The van der Waals surface area contributed by atoms with Gasteiger partial charge in [0.25, 0.3) is 0 Å². The Hall–Kier alpha value is -0.840. The minimum Gasteiger partial charge on any atom is -0.378 e. The SMILES string of the molecule is CN(CC1COCCN1)c1ccc(F)c(Cl)c1. The molecule has 0 amide bonds. The fraction of sp³-hybridized carbons (Fsp3) is 0.500. The van der Waals surface area contributed by atoms with Crippen LogP contribution in [-0.4, -0.2) is 39.4 Å². The molecule has 0 spiro atoms. The first-order chi connectivity index (χ1) is 8.16. The molecule has 1 fully saturated rings. The first-order valence-corrected chi connectivity index (χ1v) is 6.02. The number of halogens is 2. The molecule has 1 heterocycles. The van der Waals surface area contributed by atoms with E-state index in [4.69, 9.17) is 16.3 Å². The van der Waals surface area contributed by atoms with E-state index in [2.05, 4.69) is 5.32 Å². The monoisotopic (exact) mass is 258 g/mol. The molecular formula is C12H16ClFN2O. The number of likely N-dealkylation sites (N-methyl/N-ethyl adjacent to an activating group) is 1. The lowest BCUT2D eigenvalue weighted by Crippen LogP contribution is -2.47. The van der Waals surface area contributed by atoms with Crippen LogP contribution >= 0.6 is 11.6 Å². The van der Waals surface area contributed by atoms with Crippen LogP contribution in [0.2, 0.25) is 5.02 Å². The average Bonchev–Trinajstić information content (AvgIpc) is 2.34. The summed E-state index contributed by atoms with van der Waals surface area (Å²) >= 11 is 5.76. The Morgan fingerprint density at radius 1 is 1.59 bits per heavy atom. The lowest BCUT2D eigenvalue weighted by molar-refractivity contribution is 0.0791. The van der Waals surface area contributed by atoms with E-state index in [1.807, 2.05) is 11.9 Å². The van der Waals surface area contributed by atoms with E-state index in [1.165, 1.54) is 6.07 Å². The Kier molecular flexibility index (Phi) is 4.20. The summed E-state index contributed by atoms with van der Waals surface area (Å²) in [5, 5.41) is 3.53. The summed E-state index contributed by atoms with van der Waals surface area (Å²) in [4.78, 5) is 2.04. The molecule has 2 rings (SSSR count). The third kappa shape index (κ3) is 3.31. The first kappa shape index (κ1) is 12.6. The summed E-state index contributed by atoms with van der Waals surface area (Å²) in [6, 6.07) is 5.06. The molecule has 17 heavy (non-hydrogen) atoms. The molecule has 1 saturated heterocycles. The van der Waals surface area contributed by atoms with E-state index < -0.39 is 0 Å². The highest BCUT2D eigenvalue weighted by Gasteiger charge is 2.15. The van der Waals surface area contributed by atoms with Gasteiger partial charge in [-0.05, 0) is 18.2 Å². The van der Waals surface area contributed by atoms with E-state index in [0.29, 0.717) is 12.6 Å². The van der Waals surface area contributed by atoms with Crippen LogP contribution < -0.4 is 10.2 Å². The van der Waals surface area contributed by atoms with Gasteiger partial charge in [0.15, 0.2) is 0 Å². The third-order valence-electron chi connectivity index (χ3n) is 2.84. The molecule has 1 N–H and O–H groups in total. The van der Waals surface area contributed by atoms with Gasteiger partial charge in [-0.15, -0.1) is 0 Å². The standard InChI is InChI=1S/C12H16ClFN2O/c1-16(7-9-8-17-5-4-15-9)10-2-3-12(14)11(13)6-10/h2-3,6,9,15H,4-5,7-8H2,1H3. The molecule has 0 saturated carbocycles. The summed E-state index contributed by atoms with van der Waals surface area (Å²) in [6.45, 7) is 3.16. The second-order valence-electron chi connectivity index (χ2n) is 4.20. The lowest BCUT2D eigenvalue weighted by Gasteiger charge is -2.29. The van der Waals surface area contributed by atoms with E-state index in [0.717, 1.165) is 25.4 Å². The molecule has 1 atom stereocenters. The molecule has 0 aliphatic carbocycles. The summed E-state index contributed by atoms with van der Waals surface area (Å²) < 4.78 is 18.4. The Morgan fingerprint density at radius 2 is 2.41 bits per heavy atom. The van der Waals surface area contributed by atoms with Gasteiger partial charge in [0.2, 0.25) is 0 Å². The van der Waals surface area contributed by atoms with Gasteiger partial charge in [-0.2, -0.15) is 0 Å². The quantitative estimate of drug-likeness (QED) is 0.896. The van der Waals surface area contributed by atoms with Crippen molar-refractivity contribution in [2.75, 3.05) is 38.3 Å². The van der Waals surface area contributed by atoms with Crippen LogP contribution in [0.5, 0.6) is 0 Å². The molecule has 5 heteroatoms. The zero-order chi connectivity index (χ0) is 12.3. The van der Waals surface area contributed by atoms with Gasteiger partial charge in [0.1, 0.15) is 5.82 Å². The number of hydrogen-bond donors (Lipinski definition) is 1. The van der Waals surface area contributed by atoms with Crippen molar-refractivity contribution >= 4 is 17.3 Å². The number of ether oxygens (including phenoxy) is 1. The van der Waals surface area contributed by atoms with Gasteiger partial charge < -0.3 is 15.0 Å². The zero-order valence-electron chi connectivity index (χ0n) is 9.75. The number of nitrogens with one attached hydrogen (secondary N) is 1. The maximum absolute atomic E-state index is 13.0. The van der Waals surface area contributed by atoms with Gasteiger partial charge in [-0.1, -0.05) is 11.6 Å². The van der Waals surface area contributed by atoms with Crippen molar-refractivity contribution in [3.8, 4) is 0 Å². The summed E-state index contributed by atoms with van der Waals surface area (Å²) in [5.74, 6) is -0.386. The minimum atomic E-state index is -0.386. The van der Waals surface area contributed by atoms with E-state index >= 15 is 0 Å². The molecule has 94 valence electrons. The number of nitrogens with zero attached hydrogens (tertiary/aromatic N) is 1. The van der Waals surface area contributed by atoms with Gasteiger partial charge in [0.05, 0.1) is 18.2 Å². The van der Waals surface area contributed by atoms with Crippen molar-refractivity contribution in [1.82, 2.24) is 5.32 Å². The molecule has 3 nitrogen and oxygen atoms in total. The van der Waals surface area contributed by atoms with Gasteiger partial charge in [-0.3, -0.25) is 0 Å². The first-order valence-electron chi connectivity index (χ1n) is 5.64. The van der Waals surface area contributed by atoms with E-state index in [1.54, 1.807) is 12.1 Å². The minimum absolute atomic E-state index is 0.155. The highest BCUT2D eigenvalue weighted by molar-refractivity contribution is 6.31. The van der Waals surface area contributed by atoms with Crippen molar-refractivity contribution in [2.24, 2.45) is 0 Å². The van der Waals surface area contributed by atoms with Crippen molar-refractivity contribution in [1.29, 1.82) is 0 Å². The average molecular weight is 259 g/mol. The van der Waals surface area contributed by atoms with Crippen molar-refractivity contribution in [3.05, 3.63) is 29.0 Å². The zero-order valence-corrected chi connectivity index (χ0v) is 10.5. The second kappa shape index (κ2) is 5.67. The highest BCUT2D eigenvalue weighted by atomic mass is 35.5. The van der Waals surface area contributed by atoms with Crippen LogP contribution in [0.4, 0.5) is 10.1 Å². The smallest absolute Gasteiger partial charge is 0.141 e. The normalized spacial score (nSPS) is 20.3. The van der Waals surface area contributed by atoms with Gasteiger partial charge in [0, 0.05) is 31.9 Å². The lowest BCUT2D eigenvalue weighted by atomic mass is 10.2. The molecule has 0 aromatic heterocycles. The van der Waals surface area contributed by atoms with Crippen LogP contribution in [0.1, 0.15) is 0 Å². The van der Waals surface area contributed by atoms with Crippen LogP contribution in [-0.2, 0) is 4.74 Å². The molecule has 1 aliphatic rings. The Morgan fingerprint density at radius 3 is 3.06 bits per heavy atom. The van der Waals surface area contributed by atoms with Crippen molar-refractivity contribution in [2.45, 2.75) is 6.04 Å². The third-order valence-corrected chi connectivity index (χ3v) is 3.13. The van der Waals surface area contributed by atoms with E-state index in [9.17, 15) is 4.39 Å². The fourth-order valence-electron chi connectivity index (χ4n) is 1.90. The maximum Gasteiger partial charge on any atom is 0.141 e. The number of benzene rings is 1. The number of anilines is 1. The molecule has 1 aromatic carbocycles. The highest BCUT2D eigenvalue weighted by Crippen LogP contribution is 2.21. The van der Waals surface area contributed by atoms with Gasteiger partial charge >= 0.3 is 0 Å². The molecule has 1 aromatic rings. The molecule has 1 unspecified atom stereocenters. The number of morpholine rings is 1. The van der Waals surface area contributed by atoms with Crippen LogP contribution in [0.25, 0.3) is 0 Å². The Balaban J connectivity index is 1.98. The predicted molar refractivity (Wildman–Crippen MR) is 67.3 cm³/mol. The summed E-state index contributed by atoms with van der Waals surface area (Å²) in [7, 11) is 1.96. The Labute approximate surface area is 106 Å². The van der Waals surface area contributed by atoms with Crippen LogP contribution in [0, 0.1) is 5.82 Å². The van der Waals surface area contributed by atoms with Gasteiger partial charge in [-0.25, -0.2) is 4.39 Å². The van der Waals surface area contributed by atoms with E-state index in [-0.39, 0.29) is 10.8 Å². The Bertz CT molecular complexity index is 383. The molecule has 0 radical (unpaired) electrons. The molecule has 0 bridgehead atoms. The molecule has 1 aliphatic heterocycles. The maximum atomic E-state index is 13.0. The number of hydrogen-bond acceptors (Lipinski definition) is 3. The fourth-order valence-corrected chi connectivity index (χ4v) is 2.07. The number of rotatable bonds is 3. The van der Waals surface area contributed by atoms with Crippen LogP contribution in [0.3, 0.4) is 0 Å². The van der Waals surface area contributed by atoms with Crippen molar-refractivity contribution < 1.29 is 9.13 Å². The predicted octanol–water partition coefficient (Wildman–Crippen LogP) is 1.90. The summed E-state index contributed by atoms with van der Waals surface area (Å²) in [6.07, 6.45) is 0. The second-order valence-corrected chi connectivity index (χ2v) is 4.61. The topological polar surface area (TPSA) is 24.5 Å². The molecular weight excluding hydrogens is 243 g/mol. The van der Waals surface area contributed by atoms with Crippen LogP contribution in [0.15, 0.2) is 18.2 Å². The van der Waals surface area contributed by atoms with Crippen molar-refractivity contribution in [3.63, 3.8) is 0 Å².